The number of carbonyl (C=O) groups is 2. The van der Waals surface area contributed by atoms with E-state index in [1.54, 1.807) is 0 Å². The second kappa shape index (κ2) is 9.09. The summed E-state index contributed by atoms with van der Waals surface area (Å²) in [7, 11) is 0. The van der Waals surface area contributed by atoms with Gasteiger partial charge in [-0.3, -0.25) is 9.59 Å². The Bertz CT molecular complexity index is 418. The van der Waals surface area contributed by atoms with E-state index in [4.69, 9.17) is 5.11 Å². The summed E-state index contributed by atoms with van der Waals surface area (Å²) in [5.74, 6) is -0.170. The number of hydrogen-bond acceptors (Lipinski definition) is 3. The molecule has 0 bridgehead atoms. The molecule has 0 aliphatic carbocycles. The molecule has 0 radical (unpaired) electrons. The van der Waals surface area contributed by atoms with E-state index in [0.29, 0.717) is 19.4 Å². The molecule has 1 aromatic carbocycles. The fourth-order valence-electron chi connectivity index (χ4n) is 1.86. The molecule has 110 valence electrons. The first kappa shape index (κ1) is 16.2. The summed E-state index contributed by atoms with van der Waals surface area (Å²) in [6, 6.07) is 6.89. The summed E-state index contributed by atoms with van der Waals surface area (Å²) in [6.45, 7) is 2.46. The number of aliphatic hydroxyl groups is 1. The maximum Gasteiger partial charge on any atom is 0.242 e. The third kappa shape index (κ3) is 5.40. The summed E-state index contributed by atoms with van der Waals surface area (Å²) in [6.07, 6.45) is 3.08. The molecular formula is C15H22N2O3. The lowest BCUT2D eigenvalue weighted by Crippen LogP contribution is -2.43. The molecule has 0 saturated heterocycles. The van der Waals surface area contributed by atoms with Crippen LogP contribution in [0, 0.1) is 0 Å². The van der Waals surface area contributed by atoms with E-state index < -0.39 is 6.04 Å². The predicted octanol–water partition coefficient (Wildman–Crippen LogP) is 1.10. The molecule has 0 heterocycles. The van der Waals surface area contributed by atoms with Crippen LogP contribution >= 0.6 is 0 Å². The Labute approximate surface area is 119 Å². The van der Waals surface area contributed by atoms with E-state index in [0.717, 1.165) is 24.0 Å². The maximum atomic E-state index is 12.0. The van der Waals surface area contributed by atoms with Gasteiger partial charge >= 0.3 is 0 Å². The van der Waals surface area contributed by atoms with Gasteiger partial charge in [-0.25, -0.2) is 0 Å². The Morgan fingerprint density at radius 1 is 1.30 bits per heavy atom. The molecule has 3 N–H and O–H groups in total. The first-order valence-corrected chi connectivity index (χ1v) is 6.87. The largest absolute Gasteiger partial charge is 0.392 e. The van der Waals surface area contributed by atoms with Gasteiger partial charge < -0.3 is 15.7 Å². The van der Waals surface area contributed by atoms with Crippen molar-refractivity contribution in [3.05, 3.63) is 35.4 Å². The van der Waals surface area contributed by atoms with Crippen LogP contribution in [0.5, 0.6) is 0 Å². The van der Waals surface area contributed by atoms with Crippen LogP contribution in [0.1, 0.15) is 37.3 Å². The van der Waals surface area contributed by atoms with Crippen LogP contribution in [0.25, 0.3) is 0 Å². The fourth-order valence-corrected chi connectivity index (χ4v) is 1.86. The predicted molar refractivity (Wildman–Crippen MR) is 76.7 cm³/mol. The van der Waals surface area contributed by atoms with Crippen molar-refractivity contribution in [3.63, 3.8) is 0 Å². The zero-order chi connectivity index (χ0) is 14.8. The maximum absolute atomic E-state index is 12.0. The highest BCUT2D eigenvalue weighted by Crippen LogP contribution is 2.05. The van der Waals surface area contributed by atoms with Crippen LogP contribution in [0.2, 0.25) is 0 Å². The highest BCUT2D eigenvalue weighted by molar-refractivity contribution is 5.83. The minimum absolute atomic E-state index is 0.00891. The van der Waals surface area contributed by atoms with Gasteiger partial charge in [0.1, 0.15) is 6.04 Å². The molecule has 0 aromatic heterocycles. The van der Waals surface area contributed by atoms with Gasteiger partial charge in [-0.1, -0.05) is 44.0 Å². The Morgan fingerprint density at radius 2 is 1.95 bits per heavy atom. The first-order chi connectivity index (χ1) is 9.71. The van der Waals surface area contributed by atoms with Gasteiger partial charge in [-0.2, -0.15) is 0 Å². The Morgan fingerprint density at radius 3 is 2.50 bits per heavy atom. The highest BCUT2D eigenvalue weighted by Gasteiger charge is 2.16. The Balaban J connectivity index is 2.48. The number of nitrogens with one attached hydrogen (secondary N) is 2. The molecule has 1 atom stereocenters. The third-order valence-electron chi connectivity index (χ3n) is 3.10. The Kier molecular flexibility index (Phi) is 7.35. The fraction of sp³-hybridized carbons (Fsp3) is 0.467. The van der Waals surface area contributed by atoms with Crippen molar-refractivity contribution in [1.82, 2.24) is 10.6 Å². The lowest BCUT2D eigenvalue weighted by Gasteiger charge is -2.15. The highest BCUT2D eigenvalue weighted by atomic mass is 16.3. The van der Waals surface area contributed by atoms with E-state index >= 15 is 0 Å². The van der Waals surface area contributed by atoms with Crippen molar-refractivity contribution >= 4 is 12.3 Å². The molecule has 0 aliphatic heterocycles. The molecule has 5 heteroatoms. The minimum Gasteiger partial charge on any atom is -0.392 e. The number of rotatable bonds is 9. The van der Waals surface area contributed by atoms with Crippen molar-refractivity contribution < 1.29 is 14.7 Å². The lowest BCUT2D eigenvalue weighted by atomic mass is 10.1. The quantitative estimate of drug-likeness (QED) is 0.592. The monoisotopic (exact) mass is 278 g/mol. The molecule has 1 unspecified atom stereocenters. The summed E-state index contributed by atoms with van der Waals surface area (Å²) in [5, 5.41) is 14.3. The zero-order valence-electron chi connectivity index (χ0n) is 11.8. The SMILES string of the molecule is CCCCC(NC=O)C(=O)NCc1ccc(CO)cc1. The van der Waals surface area contributed by atoms with Crippen LogP contribution in [0.4, 0.5) is 0 Å². The van der Waals surface area contributed by atoms with Gasteiger partial charge in [0.15, 0.2) is 0 Å². The third-order valence-corrected chi connectivity index (χ3v) is 3.10. The summed E-state index contributed by atoms with van der Waals surface area (Å²) in [5.41, 5.74) is 1.79. The normalized spacial score (nSPS) is 11.7. The van der Waals surface area contributed by atoms with Crippen molar-refractivity contribution in [2.24, 2.45) is 0 Å². The molecule has 5 nitrogen and oxygen atoms in total. The number of amides is 2. The van der Waals surface area contributed by atoms with Crippen molar-refractivity contribution in [1.29, 1.82) is 0 Å². The standard InChI is InChI=1S/C15H22N2O3/c1-2-3-4-14(17-11-19)15(20)16-9-12-5-7-13(10-18)8-6-12/h5-8,11,14,18H,2-4,9-10H2,1H3,(H,16,20)(H,17,19). The molecule has 2 amide bonds. The van der Waals surface area contributed by atoms with Gasteiger partial charge in [0.25, 0.3) is 0 Å². The number of hydrogen-bond donors (Lipinski definition) is 3. The molecule has 1 aromatic rings. The second-order valence-electron chi connectivity index (χ2n) is 4.67. The van der Waals surface area contributed by atoms with E-state index in [1.165, 1.54) is 0 Å². The number of aliphatic hydroxyl groups excluding tert-OH is 1. The van der Waals surface area contributed by atoms with Crippen molar-refractivity contribution in [3.8, 4) is 0 Å². The summed E-state index contributed by atoms with van der Waals surface area (Å²) >= 11 is 0. The average Bonchev–Trinajstić information content (AvgIpc) is 2.49. The first-order valence-electron chi connectivity index (χ1n) is 6.87. The lowest BCUT2D eigenvalue weighted by molar-refractivity contribution is -0.125. The van der Waals surface area contributed by atoms with Crippen LogP contribution < -0.4 is 10.6 Å². The molecule has 20 heavy (non-hydrogen) atoms. The van der Waals surface area contributed by atoms with Gasteiger partial charge in [0.05, 0.1) is 6.61 Å². The van der Waals surface area contributed by atoms with Crippen LogP contribution in [-0.4, -0.2) is 23.5 Å². The molecular weight excluding hydrogens is 256 g/mol. The van der Waals surface area contributed by atoms with E-state index in [9.17, 15) is 9.59 Å². The topological polar surface area (TPSA) is 78.4 Å². The summed E-state index contributed by atoms with van der Waals surface area (Å²) in [4.78, 5) is 22.5. The van der Waals surface area contributed by atoms with Gasteiger partial charge in [-0.05, 0) is 17.5 Å². The van der Waals surface area contributed by atoms with E-state index in [1.807, 2.05) is 31.2 Å². The van der Waals surface area contributed by atoms with E-state index in [2.05, 4.69) is 10.6 Å². The number of benzene rings is 1. The molecule has 0 aliphatic rings. The van der Waals surface area contributed by atoms with Crippen molar-refractivity contribution in [2.45, 2.75) is 45.4 Å². The second-order valence-corrected chi connectivity index (χ2v) is 4.67. The zero-order valence-corrected chi connectivity index (χ0v) is 11.8. The molecule has 0 spiro atoms. The minimum atomic E-state index is -0.468. The van der Waals surface area contributed by atoms with Crippen LogP contribution in [0.15, 0.2) is 24.3 Å². The number of unbranched alkanes of at least 4 members (excludes halogenated alkanes) is 1. The average molecular weight is 278 g/mol. The van der Waals surface area contributed by atoms with Crippen LogP contribution in [-0.2, 0) is 22.7 Å². The van der Waals surface area contributed by atoms with Gasteiger partial charge in [0, 0.05) is 6.54 Å². The van der Waals surface area contributed by atoms with Gasteiger partial charge in [-0.15, -0.1) is 0 Å². The van der Waals surface area contributed by atoms with E-state index in [-0.39, 0.29) is 12.5 Å². The molecule has 0 saturated carbocycles. The summed E-state index contributed by atoms with van der Waals surface area (Å²) < 4.78 is 0. The Hall–Kier alpha value is -1.88. The smallest absolute Gasteiger partial charge is 0.242 e. The number of carbonyl (C=O) groups excluding carboxylic acids is 2. The van der Waals surface area contributed by atoms with Crippen LogP contribution in [0.3, 0.4) is 0 Å². The van der Waals surface area contributed by atoms with Gasteiger partial charge in [0.2, 0.25) is 12.3 Å². The molecule has 1 rings (SSSR count). The molecule has 0 fully saturated rings. The van der Waals surface area contributed by atoms with Crippen molar-refractivity contribution in [2.75, 3.05) is 0 Å².